The molecule has 4 heteroatoms. The topological polar surface area (TPSA) is 12.5 Å². The molecule has 11 aromatic carbocycles. The van der Waals surface area contributed by atoms with E-state index in [1.165, 1.54) is 104 Å². The molecule has 0 saturated heterocycles. The molecule has 2 heterocycles. The number of fused-ring (bicyclic) bond motifs is 18. The monoisotopic (exact) mass is 1010 g/mol. The number of ether oxygens (including phenoxy) is 1. The van der Waals surface area contributed by atoms with Crippen molar-refractivity contribution in [3.8, 4) is 50.3 Å². The average molecular weight is 1010 g/mol. The van der Waals surface area contributed by atoms with Crippen LogP contribution in [0.4, 0.5) is 17.1 Å². The second kappa shape index (κ2) is 16.3. The maximum Gasteiger partial charge on any atom is 0.132 e. The lowest BCUT2D eigenvalue weighted by molar-refractivity contribution is 0.270. The highest BCUT2D eigenvalue weighted by Gasteiger charge is 2.51. The summed E-state index contributed by atoms with van der Waals surface area (Å²) >= 11 is 8.90. The summed E-state index contributed by atoms with van der Waals surface area (Å²) in [6.45, 7) is 4.78. The van der Waals surface area contributed by atoms with Crippen molar-refractivity contribution in [2.45, 2.75) is 46.5 Å². The first-order chi connectivity index (χ1) is 37.3. The van der Waals surface area contributed by atoms with Crippen molar-refractivity contribution in [2.24, 2.45) is 0 Å². The Morgan fingerprint density at radius 3 is 2.04 bits per heavy atom. The van der Waals surface area contributed by atoms with Crippen LogP contribution in [0.2, 0.25) is 5.02 Å². The zero-order chi connectivity index (χ0) is 50.4. The molecule has 76 heavy (non-hydrogen) atoms. The summed E-state index contributed by atoms with van der Waals surface area (Å²) in [6.07, 6.45) is 8.72. The van der Waals surface area contributed by atoms with Gasteiger partial charge in [-0.25, -0.2) is 0 Å². The van der Waals surface area contributed by atoms with Gasteiger partial charge in [0.1, 0.15) is 11.9 Å². The zero-order valence-corrected chi connectivity index (χ0v) is 43.5. The van der Waals surface area contributed by atoms with Gasteiger partial charge >= 0.3 is 0 Å². The Kier molecular flexibility index (Phi) is 9.45. The van der Waals surface area contributed by atoms with E-state index in [-0.39, 0.29) is 17.4 Å². The van der Waals surface area contributed by atoms with Crippen LogP contribution in [0.25, 0.3) is 66.1 Å². The van der Waals surface area contributed by atoms with E-state index >= 15 is 0 Å². The molecule has 0 N–H and O–H groups in total. The highest BCUT2D eigenvalue weighted by Crippen LogP contribution is 2.65. The minimum Gasteiger partial charge on any atom is -0.484 e. The molecule has 16 rings (SSSR count). The van der Waals surface area contributed by atoms with E-state index in [1.54, 1.807) is 0 Å². The molecular formula is C72H48ClNOS. The lowest BCUT2D eigenvalue weighted by Crippen LogP contribution is -2.32. The smallest absolute Gasteiger partial charge is 0.132 e. The van der Waals surface area contributed by atoms with Gasteiger partial charge in [0.25, 0.3) is 0 Å². The molecule has 1 spiro atoms. The van der Waals surface area contributed by atoms with Crippen LogP contribution in [0.15, 0.2) is 252 Å². The summed E-state index contributed by atoms with van der Waals surface area (Å²) < 4.78 is 7.05. The summed E-state index contributed by atoms with van der Waals surface area (Å²) in [4.78, 5) is 5.00. The normalized spacial score (nSPS) is 18.3. The summed E-state index contributed by atoms with van der Waals surface area (Å²) in [5, 5.41) is 5.75. The Balaban J connectivity index is 0.933. The van der Waals surface area contributed by atoms with Crippen molar-refractivity contribution in [1.29, 1.82) is 0 Å². The van der Waals surface area contributed by atoms with Gasteiger partial charge < -0.3 is 9.64 Å². The van der Waals surface area contributed by atoms with Crippen molar-refractivity contribution in [3.63, 3.8) is 0 Å². The molecule has 5 aliphatic rings. The number of benzene rings is 11. The number of allylic oxidation sites excluding steroid dienone is 2. The molecule has 360 valence electrons. The standard InChI is InChI=1S/C72H48ClNOS/c1-71(2)62-39-46(32-36-53(62)55-37-31-45-16-4-6-19-51(45)69(55)71)43-29-34-48(35-30-43)74(49-41-57(52-22-13-17-44-15-3-5-18-50(44)52)70-58(42-49)54-20-8-11-27-65(54)75-70)64-26-14-25-61-68(64)56-21-7-9-23-59(56)72(61)60-24-10-12-28-66(60)76-67-38-33-47(73)40-63(67)72/h3-42,54,65H,1-2H3. The molecule has 0 radical (unpaired) electrons. The van der Waals surface area contributed by atoms with Gasteiger partial charge in [0, 0.05) is 54.2 Å². The van der Waals surface area contributed by atoms with Crippen LogP contribution in [0.5, 0.6) is 5.75 Å². The van der Waals surface area contributed by atoms with Crippen molar-refractivity contribution in [3.05, 3.63) is 287 Å². The van der Waals surface area contributed by atoms with Crippen LogP contribution in [0.1, 0.15) is 58.7 Å². The van der Waals surface area contributed by atoms with Crippen LogP contribution >= 0.6 is 23.4 Å². The molecule has 0 fully saturated rings. The molecule has 0 aromatic heterocycles. The summed E-state index contributed by atoms with van der Waals surface area (Å²) in [6, 6.07) is 81.6. The third-order valence-electron chi connectivity index (χ3n) is 17.3. The Hall–Kier alpha value is -8.34. The Labute approximate surface area is 452 Å². The van der Waals surface area contributed by atoms with Crippen LogP contribution in [0, 0.1) is 0 Å². The Morgan fingerprint density at radius 1 is 0.474 bits per heavy atom. The first kappa shape index (κ1) is 44.0. The highest BCUT2D eigenvalue weighted by molar-refractivity contribution is 7.99. The quantitative estimate of drug-likeness (QED) is 0.170. The van der Waals surface area contributed by atoms with Crippen LogP contribution in [-0.4, -0.2) is 6.10 Å². The maximum atomic E-state index is 7.06. The van der Waals surface area contributed by atoms with Gasteiger partial charge in [-0.1, -0.05) is 213 Å². The van der Waals surface area contributed by atoms with Gasteiger partial charge in [0.05, 0.1) is 11.1 Å². The van der Waals surface area contributed by atoms with Gasteiger partial charge in [0.2, 0.25) is 0 Å². The second-order valence-corrected chi connectivity index (χ2v) is 23.0. The Morgan fingerprint density at radius 2 is 1.16 bits per heavy atom. The fourth-order valence-corrected chi connectivity index (χ4v) is 15.4. The highest BCUT2D eigenvalue weighted by atomic mass is 35.5. The van der Waals surface area contributed by atoms with Gasteiger partial charge in [-0.3, -0.25) is 0 Å². The molecule has 3 atom stereocenters. The summed E-state index contributed by atoms with van der Waals surface area (Å²) in [5.74, 6) is 1.01. The molecule has 11 aromatic rings. The van der Waals surface area contributed by atoms with E-state index in [4.69, 9.17) is 16.3 Å². The van der Waals surface area contributed by atoms with E-state index in [1.807, 2.05) is 17.8 Å². The molecule has 3 unspecified atom stereocenters. The van der Waals surface area contributed by atoms with Gasteiger partial charge in [0.15, 0.2) is 0 Å². The second-order valence-electron chi connectivity index (χ2n) is 21.5. The Bertz CT molecular complexity index is 4370. The predicted molar refractivity (Wildman–Crippen MR) is 316 cm³/mol. The van der Waals surface area contributed by atoms with Crippen LogP contribution in [0.3, 0.4) is 0 Å². The van der Waals surface area contributed by atoms with Crippen LogP contribution < -0.4 is 9.64 Å². The van der Waals surface area contributed by atoms with Crippen molar-refractivity contribution in [2.75, 3.05) is 4.90 Å². The first-order valence-electron chi connectivity index (χ1n) is 26.4. The van der Waals surface area contributed by atoms with Crippen molar-refractivity contribution in [1.82, 2.24) is 0 Å². The fraction of sp³-hybridized carbons (Fsp3) is 0.0833. The average Bonchev–Trinajstić information content (AvgIpc) is 4.16. The maximum absolute atomic E-state index is 7.06. The molecule has 2 aliphatic heterocycles. The number of halogens is 1. The molecule has 0 amide bonds. The minimum atomic E-state index is -0.612. The zero-order valence-electron chi connectivity index (χ0n) is 41.9. The van der Waals surface area contributed by atoms with Crippen LogP contribution in [-0.2, 0) is 10.8 Å². The molecule has 0 saturated carbocycles. The van der Waals surface area contributed by atoms with Gasteiger partial charge in [-0.15, -0.1) is 0 Å². The SMILES string of the molecule is CC1(C)c2cc(-c3ccc(N(c4cc(-c5cccc6ccccc56)c5c(c4)C4C=CC=CC4O5)c4cccc5c4-c4ccccc4C54c5ccccc5Sc5ccc(Cl)cc54)cc3)ccc2-c2ccc3ccccc3c21. The first-order valence-corrected chi connectivity index (χ1v) is 27.6. The van der Waals surface area contributed by atoms with E-state index in [9.17, 15) is 0 Å². The van der Waals surface area contributed by atoms with Crippen molar-refractivity contribution < 1.29 is 4.74 Å². The number of anilines is 3. The number of nitrogens with zero attached hydrogens (tertiary/aromatic N) is 1. The third-order valence-corrected chi connectivity index (χ3v) is 18.7. The number of rotatable bonds is 5. The van der Waals surface area contributed by atoms with E-state index in [0.717, 1.165) is 39.0 Å². The lowest BCUT2D eigenvalue weighted by Gasteiger charge is -2.40. The lowest BCUT2D eigenvalue weighted by atomic mass is 9.67. The van der Waals surface area contributed by atoms with E-state index < -0.39 is 5.41 Å². The van der Waals surface area contributed by atoms with Gasteiger partial charge in [-0.2, -0.15) is 0 Å². The van der Waals surface area contributed by atoms with Crippen molar-refractivity contribution >= 4 is 62.0 Å². The minimum absolute atomic E-state index is 0.0639. The molecular weight excluding hydrogens is 962 g/mol. The van der Waals surface area contributed by atoms with Gasteiger partial charge in [-0.05, 0) is 155 Å². The van der Waals surface area contributed by atoms with E-state index in [2.05, 4.69) is 255 Å². The fourth-order valence-electron chi connectivity index (χ4n) is 14.0. The predicted octanol–water partition coefficient (Wildman–Crippen LogP) is 19.6. The number of hydrogen-bond donors (Lipinski definition) is 0. The number of hydrogen-bond acceptors (Lipinski definition) is 3. The van der Waals surface area contributed by atoms with E-state index in [0.29, 0.717) is 0 Å². The summed E-state index contributed by atoms with van der Waals surface area (Å²) in [7, 11) is 0. The summed E-state index contributed by atoms with van der Waals surface area (Å²) in [5.41, 5.74) is 21.2. The molecule has 0 bridgehead atoms. The molecule has 2 nitrogen and oxygen atoms in total. The molecule has 3 aliphatic carbocycles. The largest absolute Gasteiger partial charge is 0.484 e. The third kappa shape index (κ3) is 6.13.